The Labute approximate surface area is 206 Å². The predicted octanol–water partition coefficient (Wildman–Crippen LogP) is 3.94. The lowest BCUT2D eigenvalue weighted by atomic mass is 9.96. The summed E-state index contributed by atoms with van der Waals surface area (Å²) in [6, 6.07) is 10.1. The van der Waals surface area contributed by atoms with Gasteiger partial charge in [0.05, 0.1) is 26.6 Å². The van der Waals surface area contributed by atoms with Crippen molar-refractivity contribution < 1.29 is 18.1 Å². The molecule has 1 aromatic heterocycles. The van der Waals surface area contributed by atoms with Gasteiger partial charge in [-0.15, -0.1) is 6.42 Å². The smallest absolute Gasteiger partial charge is 0.279 e. The summed E-state index contributed by atoms with van der Waals surface area (Å²) in [7, 11) is -2.06. The molecule has 0 N–H and O–H groups in total. The van der Waals surface area contributed by atoms with Crippen LogP contribution in [0.1, 0.15) is 42.5 Å². The van der Waals surface area contributed by atoms with Crippen LogP contribution < -0.4 is 4.80 Å². The molecule has 1 aliphatic carbocycles. The van der Waals surface area contributed by atoms with Crippen molar-refractivity contribution in [3.8, 4) is 12.3 Å². The number of nitrogens with zero attached hydrogens (tertiary/aromatic N) is 4. The van der Waals surface area contributed by atoms with Crippen LogP contribution >= 0.6 is 11.3 Å². The van der Waals surface area contributed by atoms with Crippen molar-refractivity contribution in [3.05, 3.63) is 62.9 Å². The van der Waals surface area contributed by atoms with Gasteiger partial charge in [-0.05, 0) is 43.2 Å². The third kappa shape index (κ3) is 5.05. The Hall–Kier alpha value is -3.33. The summed E-state index contributed by atoms with van der Waals surface area (Å²) < 4.78 is 29.8. The SMILES string of the molecule is C#CCn1c(=NC(=O)c2ccc(S(=O)(=O)N(C)C3CCCCC3)cc2)sc2ccc([N+](=O)[O-])cc21. The van der Waals surface area contributed by atoms with E-state index in [9.17, 15) is 23.3 Å². The summed E-state index contributed by atoms with van der Waals surface area (Å²) in [5.41, 5.74) is 0.648. The number of non-ortho nitro benzene ring substituents is 1. The standard InChI is InChI=1S/C24H24N4O5S2/c1-3-15-27-21-16-19(28(30)31)11-14-22(21)34-24(27)25-23(29)17-9-12-20(13-10-17)35(32,33)26(2)18-7-5-4-6-8-18/h1,9-14,16,18H,4-8,15H2,2H3. The number of carbonyl (C=O) groups is 1. The Kier molecular flexibility index (Phi) is 7.16. The van der Waals surface area contributed by atoms with Crippen molar-refractivity contribution >= 4 is 43.2 Å². The minimum absolute atomic E-state index is 0.0135. The molecule has 0 bridgehead atoms. The summed E-state index contributed by atoms with van der Waals surface area (Å²) in [4.78, 5) is 28.1. The number of sulfonamides is 1. The Balaban J connectivity index is 1.64. The molecule has 2 aromatic carbocycles. The van der Waals surface area contributed by atoms with Crippen LogP contribution in [0, 0.1) is 22.5 Å². The van der Waals surface area contributed by atoms with E-state index in [1.54, 1.807) is 17.7 Å². The van der Waals surface area contributed by atoms with Gasteiger partial charge in [0.2, 0.25) is 10.0 Å². The van der Waals surface area contributed by atoms with Crippen molar-refractivity contribution in [1.82, 2.24) is 8.87 Å². The molecule has 0 spiro atoms. The molecular weight excluding hydrogens is 488 g/mol. The van der Waals surface area contributed by atoms with Gasteiger partial charge in [-0.1, -0.05) is 36.5 Å². The first-order chi connectivity index (χ1) is 16.7. The molecule has 11 heteroatoms. The first-order valence-corrected chi connectivity index (χ1v) is 13.4. The lowest BCUT2D eigenvalue weighted by Gasteiger charge is -2.30. The normalized spacial score (nSPS) is 15.4. The molecule has 1 aliphatic rings. The van der Waals surface area contributed by atoms with E-state index >= 15 is 0 Å². The van der Waals surface area contributed by atoms with Gasteiger partial charge in [-0.2, -0.15) is 9.30 Å². The van der Waals surface area contributed by atoms with Crippen LogP contribution in [0.5, 0.6) is 0 Å². The van der Waals surface area contributed by atoms with Crippen LogP contribution in [-0.2, 0) is 16.6 Å². The summed E-state index contributed by atoms with van der Waals surface area (Å²) in [6.07, 6.45) is 10.3. The topological polar surface area (TPSA) is 115 Å². The lowest BCUT2D eigenvalue weighted by Crippen LogP contribution is -2.38. The largest absolute Gasteiger partial charge is 0.304 e. The Morgan fingerprint density at radius 3 is 2.54 bits per heavy atom. The van der Waals surface area contributed by atoms with E-state index in [1.807, 2.05) is 0 Å². The number of nitro groups is 1. The van der Waals surface area contributed by atoms with Gasteiger partial charge in [0.1, 0.15) is 0 Å². The number of hydrogen-bond acceptors (Lipinski definition) is 6. The van der Waals surface area contributed by atoms with Crippen molar-refractivity contribution in [2.75, 3.05) is 7.05 Å². The average Bonchev–Trinajstić information content (AvgIpc) is 3.20. The van der Waals surface area contributed by atoms with Crippen molar-refractivity contribution in [3.63, 3.8) is 0 Å². The van der Waals surface area contributed by atoms with Gasteiger partial charge in [0.25, 0.3) is 11.6 Å². The van der Waals surface area contributed by atoms with Crippen LogP contribution in [0.2, 0.25) is 0 Å². The number of carbonyl (C=O) groups excluding carboxylic acids is 1. The van der Waals surface area contributed by atoms with Crippen LogP contribution in [0.3, 0.4) is 0 Å². The maximum atomic E-state index is 13.0. The number of rotatable bonds is 6. The zero-order chi connectivity index (χ0) is 25.2. The molecule has 4 rings (SSSR count). The van der Waals surface area contributed by atoms with Crippen LogP contribution in [0.15, 0.2) is 52.4 Å². The third-order valence-corrected chi connectivity index (χ3v) is 9.17. The molecular formula is C24H24N4O5S2. The number of hydrogen-bond donors (Lipinski definition) is 0. The highest BCUT2D eigenvalue weighted by Gasteiger charge is 2.29. The highest BCUT2D eigenvalue weighted by Crippen LogP contribution is 2.27. The van der Waals surface area contributed by atoms with Gasteiger partial charge in [-0.3, -0.25) is 14.9 Å². The fourth-order valence-electron chi connectivity index (χ4n) is 4.23. The average molecular weight is 513 g/mol. The summed E-state index contributed by atoms with van der Waals surface area (Å²) in [5.74, 6) is 1.91. The second-order valence-electron chi connectivity index (χ2n) is 8.34. The first-order valence-electron chi connectivity index (χ1n) is 11.1. The fraction of sp³-hybridized carbons (Fsp3) is 0.333. The molecule has 9 nitrogen and oxygen atoms in total. The highest BCUT2D eigenvalue weighted by atomic mass is 32.2. The number of fused-ring (bicyclic) bond motifs is 1. The molecule has 182 valence electrons. The second-order valence-corrected chi connectivity index (χ2v) is 11.3. The van der Waals surface area contributed by atoms with E-state index in [4.69, 9.17) is 6.42 Å². The van der Waals surface area contributed by atoms with Crippen LogP contribution in [0.4, 0.5) is 5.69 Å². The molecule has 0 unspecified atom stereocenters. The third-order valence-electron chi connectivity index (χ3n) is 6.19. The number of terminal acetylenes is 1. The highest BCUT2D eigenvalue weighted by molar-refractivity contribution is 7.89. The minimum atomic E-state index is -3.67. The lowest BCUT2D eigenvalue weighted by molar-refractivity contribution is -0.384. The molecule has 0 saturated heterocycles. The second kappa shape index (κ2) is 10.1. The number of aromatic nitrogens is 1. The molecule has 0 aliphatic heterocycles. The molecule has 1 saturated carbocycles. The monoisotopic (exact) mass is 512 g/mol. The van der Waals surface area contributed by atoms with Gasteiger partial charge < -0.3 is 4.57 Å². The molecule has 1 amide bonds. The number of thiazole rings is 1. The predicted molar refractivity (Wildman–Crippen MR) is 133 cm³/mol. The fourth-order valence-corrected chi connectivity index (χ4v) is 6.65. The van der Waals surface area contributed by atoms with Crippen LogP contribution in [0.25, 0.3) is 10.2 Å². The molecule has 0 radical (unpaired) electrons. The van der Waals surface area contributed by atoms with E-state index in [0.29, 0.717) is 15.0 Å². The summed E-state index contributed by atoms with van der Waals surface area (Å²) in [5, 5.41) is 11.1. The Morgan fingerprint density at radius 1 is 1.23 bits per heavy atom. The van der Waals surface area contributed by atoms with Crippen molar-refractivity contribution in [1.29, 1.82) is 0 Å². The Bertz CT molecular complexity index is 1490. The van der Waals surface area contributed by atoms with Gasteiger partial charge in [0, 0.05) is 30.8 Å². The molecule has 1 fully saturated rings. The molecule has 1 heterocycles. The molecule has 0 atom stereocenters. The summed E-state index contributed by atoms with van der Waals surface area (Å²) >= 11 is 1.19. The summed E-state index contributed by atoms with van der Waals surface area (Å²) in [6.45, 7) is 0.0813. The van der Waals surface area contributed by atoms with E-state index in [2.05, 4.69) is 10.9 Å². The number of nitro benzene ring substituents is 1. The van der Waals surface area contributed by atoms with Gasteiger partial charge in [-0.25, -0.2) is 8.42 Å². The van der Waals surface area contributed by atoms with E-state index in [0.717, 1.165) is 32.1 Å². The van der Waals surface area contributed by atoms with Gasteiger partial charge >= 0.3 is 0 Å². The first kappa shape index (κ1) is 24.8. The van der Waals surface area contributed by atoms with Crippen LogP contribution in [-0.4, -0.2) is 41.2 Å². The quantitative estimate of drug-likeness (QED) is 0.282. The maximum absolute atomic E-state index is 13.0. The zero-order valence-corrected chi connectivity index (χ0v) is 20.7. The zero-order valence-electron chi connectivity index (χ0n) is 19.1. The van der Waals surface area contributed by atoms with Gasteiger partial charge in [0.15, 0.2) is 4.80 Å². The number of benzene rings is 2. The Morgan fingerprint density at radius 2 is 1.91 bits per heavy atom. The minimum Gasteiger partial charge on any atom is -0.304 e. The molecule has 3 aromatic rings. The van der Waals surface area contributed by atoms with E-state index in [1.165, 1.54) is 52.0 Å². The van der Waals surface area contributed by atoms with Crippen molar-refractivity contribution in [2.45, 2.75) is 49.6 Å². The van der Waals surface area contributed by atoms with E-state index in [-0.39, 0.29) is 28.7 Å². The number of amides is 1. The molecule has 35 heavy (non-hydrogen) atoms. The van der Waals surface area contributed by atoms with E-state index < -0.39 is 20.9 Å². The van der Waals surface area contributed by atoms with Crippen molar-refractivity contribution in [2.24, 2.45) is 4.99 Å². The maximum Gasteiger partial charge on any atom is 0.279 e.